The van der Waals surface area contributed by atoms with Gasteiger partial charge in [0.15, 0.2) is 0 Å². The lowest BCUT2D eigenvalue weighted by molar-refractivity contribution is 0.0950. The van der Waals surface area contributed by atoms with Crippen molar-refractivity contribution in [2.75, 3.05) is 0 Å². The largest absolute Gasteiger partial charge is 0.346 e. The fourth-order valence-corrected chi connectivity index (χ4v) is 2.60. The predicted octanol–water partition coefficient (Wildman–Crippen LogP) is 3.53. The Bertz CT molecular complexity index is 854. The summed E-state index contributed by atoms with van der Waals surface area (Å²) in [6, 6.07) is 9.43. The number of carbonyl (C=O) groups excluding carboxylic acids is 1. The maximum absolute atomic E-state index is 12.3. The average Bonchev–Trinajstić information content (AvgIpc) is 2.86. The number of hydrogen-bond acceptors (Lipinski definition) is 2. The van der Waals surface area contributed by atoms with Crippen LogP contribution in [0.25, 0.3) is 5.65 Å². The number of rotatable bonds is 3. The second kappa shape index (κ2) is 5.81. The van der Waals surface area contributed by atoms with E-state index in [9.17, 15) is 4.79 Å². The number of fused-ring (bicyclic) bond motifs is 1. The van der Waals surface area contributed by atoms with Gasteiger partial charge in [0.1, 0.15) is 5.65 Å². The molecule has 3 aromatic rings. The number of halogens is 1. The van der Waals surface area contributed by atoms with Gasteiger partial charge in [0.25, 0.3) is 5.91 Å². The first-order valence-corrected chi connectivity index (χ1v) is 7.39. The van der Waals surface area contributed by atoms with E-state index in [1.54, 1.807) is 12.3 Å². The summed E-state index contributed by atoms with van der Waals surface area (Å²) in [6.45, 7) is 4.33. The summed E-state index contributed by atoms with van der Waals surface area (Å²) in [4.78, 5) is 16.7. The van der Waals surface area contributed by atoms with Crippen LogP contribution in [0.4, 0.5) is 0 Å². The van der Waals surface area contributed by atoms with E-state index in [4.69, 9.17) is 11.6 Å². The smallest absolute Gasteiger partial charge is 0.251 e. The van der Waals surface area contributed by atoms with E-state index in [1.165, 1.54) is 0 Å². The molecule has 0 fully saturated rings. The summed E-state index contributed by atoms with van der Waals surface area (Å²) in [6.07, 6.45) is 3.66. The molecule has 0 spiro atoms. The Morgan fingerprint density at radius 1 is 1.23 bits per heavy atom. The van der Waals surface area contributed by atoms with Crippen molar-refractivity contribution in [3.05, 3.63) is 70.1 Å². The first-order valence-electron chi connectivity index (χ1n) is 7.01. The number of hydrogen-bond donors (Lipinski definition) is 1. The van der Waals surface area contributed by atoms with Gasteiger partial charge in [-0.15, -0.1) is 0 Å². The maximum Gasteiger partial charge on any atom is 0.251 e. The van der Waals surface area contributed by atoms with Crippen molar-refractivity contribution in [2.45, 2.75) is 20.4 Å². The fraction of sp³-hybridized carbons (Fsp3) is 0.176. The van der Waals surface area contributed by atoms with Gasteiger partial charge in [0.05, 0.1) is 17.3 Å². The van der Waals surface area contributed by atoms with Crippen LogP contribution in [0.15, 0.2) is 42.7 Å². The number of nitrogens with zero attached hydrogens (tertiary/aromatic N) is 2. The zero-order valence-corrected chi connectivity index (χ0v) is 13.2. The van der Waals surface area contributed by atoms with Gasteiger partial charge in [-0.1, -0.05) is 29.3 Å². The van der Waals surface area contributed by atoms with Crippen molar-refractivity contribution in [1.82, 2.24) is 14.7 Å². The van der Waals surface area contributed by atoms with Gasteiger partial charge < -0.3 is 9.72 Å². The monoisotopic (exact) mass is 313 g/mol. The van der Waals surface area contributed by atoms with E-state index < -0.39 is 0 Å². The van der Waals surface area contributed by atoms with Crippen LogP contribution in [-0.2, 0) is 6.54 Å². The lowest BCUT2D eigenvalue weighted by atomic mass is 10.1. The highest BCUT2D eigenvalue weighted by Gasteiger charge is 2.10. The van der Waals surface area contributed by atoms with Gasteiger partial charge in [-0.25, -0.2) is 4.98 Å². The number of benzene rings is 1. The predicted molar refractivity (Wildman–Crippen MR) is 87.3 cm³/mol. The zero-order valence-electron chi connectivity index (χ0n) is 12.4. The first-order chi connectivity index (χ1) is 10.5. The van der Waals surface area contributed by atoms with Crippen molar-refractivity contribution >= 4 is 23.2 Å². The molecule has 0 unspecified atom stereocenters. The number of pyridine rings is 1. The van der Waals surface area contributed by atoms with E-state index in [-0.39, 0.29) is 5.91 Å². The lowest BCUT2D eigenvalue weighted by Gasteiger charge is -2.07. The number of aryl methyl sites for hydroxylation is 2. The molecule has 0 saturated carbocycles. The molecule has 2 aromatic heterocycles. The zero-order chi connectivity index (χ0) is 15.7. The van der Waals surface area contributed by atoms with Crippen molar-refractivity contribution in [3.63, 3.8) is 0 Å². The Hall–Kier alpha value is -2.33. The third kappa shape index (κ3) is 2.97. The van der Waals surface area contributed by atoms with Crippen LogP contribution in [0, 0.1) is 13.8 Å². The van der Waals surface area contributed by atoms with E-state index >= 15 is 0 Å². The number of aromatic nitrogens is 2. The van der Waals surface area contributed by atoms with Crippen LogP contribution in [0.5, 0.6) is 0 Å². The summed E-state index contributed by atoms with van der Waals surface area (Å²) in [5.74, 6) is -0.0902. The summed E-state index contributed by atoms with van der Waals surface area (Å²) in [5, 5.41) is 3.55. The molecule has 3 rings (SSSR count). The average molecular weight is 314 g/mol. The Morgan fingerprint density at radius 3 is 2.82 bits per heavy atom. The molecule has 1 amide bonds. The quantitative estimate of drug-likeness (QED) is 0.804. The van der Waals surface area contributed by atoms with Crippen molar-refractivity contribution in [1.29, 1.82) is 0 Å². The first kappa shape index (κ1) is 14.6. The third-order valence-electron chi connectivity index (χ3n) is 3.52. The molecule has 0 aliphatic heterocycles. The molecule has 1 aromatic carbocycles. The van der Waals surface area contributed by atoms with E-state index in [2.05, 4.69) is 10.3 Å². The molecule has 112 valence electrons. The van der Waals surface area contributed by atoms with Gasteiger partial charge in [0, 0.05) is 18.0 Å². The Labute approximate surface area is 133 Å². The highest BCUT2D eigenvalue weighted by molar-refractivity contribution is 6.30. The topological polar surface area (TPSA) is 46.4 Å². The number of carbonyl (C=O) groups is 1. The molecule has 5 heteroatoms. The van der Waals surface area contributed by atoms with Crippen LogP contribution >= 0.6 is 11.6 Å². The molecule has 0 aliphatic rings. The fourth-order valence-electron chi connectivity index (χ4n) is 2.44. The van der Waals surface area contributed by atoms with Gasteiger partial charge in [0.2, 0.25) is 0 Å². The summed E-state index contributed by atoms with van der Waals surface area (Å²) in [7, 11) is 0. The molecule has 0 aliphatic carbocycles. The van der Waals surface area contributed by atoms with Gasteiger partial charge in [-0.3, -0.25) is 4.79 Å². The Kier molecular flexibility index (Phi) is 3.86. The van der Waals surface area contributed by atoms with Crippen LogP contribution in [0.3, 0.4) is 0 Å². The van der Waals surface area contributed by atoms with Gasteiger partial charge >= 0.3 is 0 Å². The third-order valence-corrected chi connectivity index (χ3v) is 3.75. The minimum atomic E-state index is -0.0902. The van der Waals surface area contributed by atoms with Crippen LogP contribution in [0.2, 0.25) is 5.02 Å². The molecule has 0 radical (unpaired) electrons. The molecule has 1 N–H and O–H groups in total. The van der Waals surface area contributed by atoms with Crippen molar-refractivity contribution in [3.8, 4) is 0 Å². The van der Waals surface area contributed by atoms with E-state index in [1.807, 2.05) is 48.7 Å². The summed E-state index contributed by atoms with van der Waals surface area (Å²) < 4.78 is 1.85. The summed E-state index contributed by atoms with van der Waals surface area (Å²) in [5.41, 5.74) is 4.41. The highest BCUT2D eigenvalue weighted by Crippen LogP contribution is 2.13. The highest BCUT2D eigenvalue weighted by atomic mass is 35.5. The standard InChI is InChI=1S/C17H16ClN3O/c1-11-3-5-15(12(2)7-11)17(22)19-8-14-10-21-9-13(18)4-6-16(21)20-14/h3-7,9-10H,8H2,1-2H3,(H,19,22). The number of imidazole rings is 1. The normalized spacial score (nSPS) is 10.9. The molecule has 4 nitrogen and oxygen atoms in total. The van der Waals surface area contributed by atoms with Crippen LogP contribution in [-0.4, -0.2) is 15.3 Å². The van der Waals surface area contributed by atoms with Crippen LogP contribution in [0.1, 0.15) is 27.2 Å². The van der Waals surface area contributed by atoms with E-state index in [0.717, 1.165) is 22.5 Å². The number of amides is 1. The molecule has 0 bridgehead atoms. The van der Waals surface area contributed by atoms with E-state index in [0.29, 0.717) is 17.1 Å². The van der Waals surface area contributed by atoms with Crippen molar-refractivity contribution in [2.24, 2.45) is 0 Å². The molecule has 2 heterocycles. The second-order valence-electron chi connectivity index (χ2n) is 5.35. The second-order valence-corrected chi connectivity index (χ2v) is 5.78. The summed E-state index contributed by atoms with van der Waals surface area (Å²) >= 11 is 5.95. The lowest BCUT2D eigenvalue weighted by Crippen LogP contribution is -2.23. The molecule has 0 atom stereocenters. The van der Waals surface area contributed by atoms with Gasteiger partial charge in [-0.05, 0) is 37.6 Å². The number of nitrogens with one attached hydrogen (secondary N) is 1. The Morgan fingerprint density at radius 2 is 2.05 bits per heavy atom. The molecular formula is C17H16ClN3O. The maximum atomic E-state index is 12.3. The minimum Gasteiger partial charge on any atom is -0.346 e. The van der Waals surface area contributed by atoms with Gasteiger partial charge in [-0.2, -0.15) is 0 Å². The molecular weight excluding hydrogens is 298 g/mol. The van der Waals surface area contributed by atoms with Crippen molar-refractivity contribution < 1.29 is 4.79 Å². The molecule has 22 heavy (non-hydrogen) atoms. The van der Waals surface area contributed by atoms with Crippen LogP contribution < -0.4 is 5.32 Å². The SMILES string of the molecule is Cc1ccc(C(=O)NCc2cn3cc(Cl)ccc3n2)c(C)c1. The molecule has 0 saturated heterocycles. The minimum absolute atomic E-state index is 0.0902. The Balaban J connectivity index is 1.74.